The summed E-state index contributed by atoms with van der Waals surface area (Å²) in [6.07, 6.45) is 0. The van der Waals surface area contributed by atoms with E-state index in [1.807, 2.05) is 25.1 Å². The molecule has 0 N–H and O–H groups in total. The molecule has 0 saturated heterocycles. The Kier molecular flexibility index (Phi) is 6.30. The fourth-order valence-electron chi connectivity index (χ4n) is 3.99. The second-order valence-electron chi connectivity index (χ2n) is 7.66. The molecule has 0 spiro atoms. The van der Waals surface area contributed by atoms with Crippen LogP contribution in [0.15, 0.2) is 65.7 Å². The van der Waals surface area contributed by atoms with Gasteiger partial charge < -0.3 is 9.64 Å². The summed E-state index contributed by atoms with van der Waals surface area (Å²) in [5, 5.41) is 0. The number of halogens is 2. The largest absolute Gasteiger partial charge is 0.493 e. The van der Waals surface area contributed by atoms with Gasteiger partial charge in [0.05, 0.1) is 18.9 Å². The van der Waals surface area contributed by atoms with Gasteiger partial charge in [-0.05, 0) is 53.9 Å². The highest BCUT2D eigenvalue weighted by atomic mass is 19.1. The van der Waals surface area contributed by atoms with Crippen molar-refractivity contribution in [3.63, 3.8) is 0 Å². The smallest absolute Gasteiger partial charge is 0.254 e. The van der Waals surface area contributed by atoms with E-state index in [1.54, 1.807) is 42.3 Å². The first-order valence-electron chi connectivity index (χ1n) is 10.5. The van der Waals surface area contributed by atoms with E-state index >= 15 is 0 Å². The summed E-state index contributed by atoms with van der Waals surface area (Å²) in [4.78, 5) is 19.0. The number of rotatable bonds is 7. The van der Waals surface area contributed by atoms with Gasteiger partial charge in [0.15, 0.2) is 0 Å². The predicted molar refractivity (Wildman–Crippen MR) is 121 cm³/mol. The number of nitrogens with zero attached hydrogens (tertiary/aromatic N) is 2. The maximum atomic E-state index is 13.7. The third-order valence-electron chi connectivity index (χ3n) is 5.56. The van der Waals surface area contributed by atoms with Crippen LogP contribution in [0.5, 0.6) is 5.75 Å². The molecule has 0 bridgehead atoms. The highest BCUT2D eigenvalue weighted by molar-refractivity contribution is 6.04. The highest BCUT2D eigenvalue weighted by Crippen LogP contribution is 2.32. The van der Waals surface area contributed by atoms with Crippen LogP contribution >= 0.6 is 0 Å². The minimum atomic E-state index is -0.594. The molecule has 1 heterocycles. The second-order valence-corrected chi connectivity index (χ2v) is 7.66. The molecule has 3 aromatic carbocycles. The summed E-state index contributed by atoms with van der Waals surface area (Å²) in [6, 6.07) is 17.1. The zero-order valence-corrected chi connectivity index (χ0v) is 18.1. The first kappa shape index (κ1) is 21.7. The van der Waals surface area contributed by atoms with Crippen LogP contribution < -0.4 is 4.74 Å². The van der Waals surface area contributed by atoms with Gasteiger partial charge in [0.1, 0.15) is 18.2 Å². The van der Waals surface area contributed by atoms with Crippen LogP contribution in [0.4, 0.5) is 8.78 Å². The molecule has 0 saturated carbocycles. The van der Waals surface area contributed by atoms with Crippen molar-refractivity contribution in [3.05, 3.63) is 88.7 Å². The molecule has 1 aliphatic rings. The van der Waals surface area contributed by atoms with E-state index in [1.165, 1.54) is 12.1 Å². The van der Waals surface area contributed by atoms with Crippen LogP contribution in [0.1, 0.15) is 34.0 Å². The van der Waals surface area contributed by atoms with Gasteiger partial charge >= 0.3 is 0 Å². The Morgan fingerprint density at radius 2 is 1.91 bits per heavy atom. The average molecular weight is 434 g/mol. The van der Waals surface area contributed by atoms with Crippen LogP contribution in [-0.2, 0) is 13.1 Å². The first-order chi connectivity index (χ1) is 15.5. The van der Waals surface area contributed by atoms with Gasteiger partial charge in [-0.3, -0.25) is 9.79 Å². The van der Waals surface area contributed by atoms with Gasteiger partial charge in [0.2, 0.25) is 0 Å². The molecular weight excluding hydrogens is 410 g/mol. The summed E-state index contributed by atoms with van der Waals surface area (Å²) >= 11 is 0. The van der Waals surface area contributed by atoms with Gasteiger partial charge in [-0.1, -0.05) is 30.3 Å². The molecule has 1 aliphatic heterocycles. The molecule has 0 atom stereocenters. The van der Waals surface area contributed by atoms with E-state index < -0.39 is 6.67 Å². The third kappa shape index (κ3) is 4.26. The Labute approximate surface area is 186 Å². The minimum absolute atomic E-state index is 0.168. The van der Waals surface area contributed by atoms with Crippen molar-refractivity contribution < 1.29 is 18.3 Å². The number of aliphatic imine (C=N–C) groups is 1. The van der Waals surface area contributed by atoms with Crippen LogP contribution in [0.2, 0.25) is 0 Å². The average Bonchev–Trinajstić information content (AvgIpc) is 3.23. The van der Waals surface area contributed by atoms with Crippen LogP contribution in [0.3, 0.4) is 0 Å². The van der Waals surface area contributed by atoms with Crippen LogP contribution in [-0.4, -0.2) is 36.8 Å². The molecule has 0 aliphatic carbocycles. The van der Waals surface area contributed by atoms with Gasteiger partial charge in [0, 0.05) is 30.3 Å². The van der Waals surface area contributed by atoms with E-state index in [0.29, 0.717) is 42.3 Å². The lowest BCUT2D eigenvalue weighted by Gasteiger charge is -2.20. The maximum Gasteiger partial charge on any atom is 0.254 e. The van der Waals surface area contributed by atoms with Crippen molar-refractivity contribution in [2.75, 3.05) is 20.3 Å². The normalized spacial score (nSPS) is 12.3. The zero-order valence-electron chi connectivity index (χ0n) is 18.1. The van der Waals surface area contributed by atoms with Crippen molar-refractivity contribution in [3.8, 4) is 16.9 Å². The Bertz CT molecular complexity index is 1190. The van der Waals surface area contributed by atoms with E-state index in [2.05, 4.69) is 4.99 Å². The second kappa shape index (κ2) is 9.30. The lowest BCUT2D eigenvalue weighted by molar-refractivity contribution is 0.0784. The number of alkyl halides is 1. The summed E-state index contributed by atoms with van der Waals surface area (Å²) in [5.41, 5.74) is 5.09. The Morgan fingerprint density at radius 1 is 1.09 bits per heavy atom. The van der Waals surface area contributed by atoms with Crippen molar-refractivity contribution in [2.24, 2.45) is 4.99 Å². The Balaban J connectivity index is 1.58. The van der Waals surface area contributed by atoms with Gasteiger partial charge in [-0.25, -0.2) is 8.78 Å². The summed E-state index contributed by atoms with van der Waals surface area (Å²) in [7, 11) is 1.73. The number of hydrogen-bond donors (Lipinski definition) is 0. The van der Waals surface area contributed by atoms with E-state index in [9.17, 15) is 13.6 Å². The summed E-state index contributed by atoms with van der Waals surface area (Å²) in [5.74, 6) is 0.0260. The molecule has 0 fully saturated rings. The molecule has 0 aromatic heterocycles. The Hall–Kier alpha value is -3.54. The fraction of sp³-hybridized carbons (Fsp3) is 0.231. The quantitative estimate of drug-likeness (QED) is 0.497. The third-order valence-corrected chi connectivity index (χ3v) is 5.56. The minimum Gasteiger partial charge on any atom is -0.493 e. The molecule has 0 radical (unpaired) electrons. The molecule has 4 rings (SSSR count). The molecule has 6 heteroatoms. The van der Waals surface area contributed by atoms with Gasteiger partial charge in [-0.15, -0.1) is 0 Å². The first-order valence-corrected chi connectivity index (χ1v) is 10.5. The molecule has 3 aromatic rings. The number of amides is 1. The Morgan fingerprint density at radius 3 is 2.66 bits per heavy atom. The van der Waals surface area contributed by atoms with Crippen molar-refractivity contribution in [1.29, 1.82) is 0 Å². The number of carbonyl (C=O) groups is 1. The van der Waals surface area contributed by atoms with Crippen molar-refractivity contribution >= 4 is 11.6 Å². The topological polar surface area (TPSA) is 41.9 Å². The van der Waals surface area contributed by atoms with Crippen molar-refractivity contribution in [1.82, 2.24) is 4.90 Å². The van der Waals surface area contributed by atoms with E-state index in [4.69, 9.17) is 4.74 Å². The monoisotopic (exact) mass is 434 g/mol. The van der Waals surface area contributed by atoms with E-state index in [-0.39, 0.29) is 11.7 Å². The lowest BCUT2D eigenvalue weighted by atomic mass is 9.99. The number of benzene rings is 3. The highest BCUT2D eigenvalue weighted by Gasteiger charge is 2.21. The zero-order chi connectivity index (χ0) is 22.7. The molecule has 32 heavy (non-hydrogen) atoms. The maximum absolute atomic E-state index is 13.7. The predicted octanol–water partition coefficient (Wildman–Crippen LogP) is 5.44. The molecule has 1 amide bonds. The molecule has 164 valence electrons. The lowest BCUT2D eigenvalue weighted by Crippen LogP contribution is -2.26. The number of hydrogen-bond acceptors (Lipinski definition) is 3. The van der Waals surface area contributed by atoms with Gasteiger partial charge in [-0.2, -0.15) is 0 Å². The molecular formula is C26H24F2N2O2. The van der Waals surface area contributed by atoms with Crippen molar-refractivity contribution in [2.45, 2.75) is 20.0 Å². The number of fused-ring (bicyclic) bond motifs is 1. The summed E-state index contributed by atoms with van der Waals surface area (Å²) in [6.45, 7) is 2.50. The number of ether oxygens (including phenoxy) is 1. The fourth-order valence-corrected chi connectivity index (χ4v) is 3.99. The molecule has 0 unspecified atom stereocenters. The van der Waals surface area contributed by atoms with Crippen LogP contribution in [0.25, 0.3) is 11.1 Å². The standard InChI is InChI=1S/C26H24F2N2O2/c1-3-32-25-13-18(10-11-21(25)17-6-4-8-20(28)12-17)26(31)30(2)16-19-7-5-9-22-23(19)15-29-24(22)14-27/h4-13H,3,14-16H2,1-2H3. The van der Waals surface area contributed by atoms with Gasteiger partial charge in [0.25, 0.3) is 5.91 Å². The number of carbonyl (C=O) groups excluding carboxylic acids is 1. The molecule has 4 nitrogen and oxygen atoms in total. The SMILES string of the molecule is CCOc1cc(C(=O)N(C)Cc2cccc3c2CN=C3CF)ccc1-c1cccc(F)c1. The van der Waals surface area contributed by atoms with E-state index in [0.717, 1.165) is 22.3 Å². The van der Waals surface area contributed by atoms with Crippen LogP contribution in [0, 0.1) is 5.82 Å². The summed E-state index contributed by atoms with van der Waals surface area (Å²) < 4.78 is 32.6.